The largest absolute Gasteiger partial charge is 0.488 e. The third-order valence-electron chi connectivity index (χ3n) is 6.89. The molecule has 2 atom stereocenters. The summed E-state index contributed by atoms with van der Waals surface area (Å²) in [5.74, 6) is 2.06. The topological polar surface area (TPSA) is 122 Å². The summed E-state index contributed by atoms with van der Waals surface area (Å²) in [4.78, 5) is 23.8. The molecule has 0 bridgehead atoms. The van der Waals surface area contributed by atoms with Crippen LogP contribution in [0, 0.1) is 25.2 Å². The molecule has 1 saturated heterocycles. The molecule has 182 valence electrons. The van der Waals surface area contributed by atoms with Crippen molar-refractivity contribution in [2.75, 3.05) is 24.6 Å². The Bertz CT molecular complexity index is 1480. The van der Waals surface area contributed by atoms with Crippen LogP contribution in [-0.2, 0) is 4.79 Å². The lowest BCUT2D eigenvalue weighted by molar-refractivity contribution is -0.120. The molecule has 1 aromatic carbocycles. The quantitative estimate of drug-likeness (QED) is 0.459. The van der Waals surface area contributed by atoms with Crippen molar-refractivity contribution in [3.05, 3.63) is 53.7 Å². The molecule has 5 heterocycles. The first kappa shape index (κ1) is 22.1. The van der Waals surface area contributed by atoms with Gasteiger partial charge in [-0.15, -0.1) is 0 Å². The van der Waals surface area contributed by atoms with Crippen LogP contribution >= 0.6 is 0 Å². The van der Waals surface area contributed by atoms with E-state index in [1.165, 1.54) is 0 Å². The van der Waals surface area contributed by atoms with Crippen molar-refractivity contribution in [3.63, 3.8) is 0 Å². The molecule has 0 radical (unpaired) electrons. The Morgan fingerprint density at radius 3 is 2.92 bits per heavy atom. The van der Waals surface area contributed by atoms with Crippen LogP contribution in [0.4, 0.5) is 5.95 Å². The molecule has 6 rings (SSSR count). The normalized spacial score (nSPS) is 18.8. The number of hydrogen-bond acceptors (Lipinski definition) is 8. The number of ether oxygens (including phenoxy) is 1. The SMILES string of the molecule is Cc1noc(C)c1-c1ccc2nc(N3CC[C@@H](NC(=O)CC#N)C3)n3c2c1OC[C@@H]3c1ccccn1. The van der Waals surface area contributed by atoms with Gasteiger partial charge in [0.2, 0.25) is 11.9 Å². The second-order valence-corrected chi connectivity index (χ2v) is 9.21. The second kappa shape index (κ2) is 8.68. The van der Waals surface area contributed by atoms with Gasteiger partial charge in [0, 0.05) is 30.9 Å². The van der Waals surface area contributed by atoms with E-state index in [0.29, 0.717) is 13.2 Å². The van der Waals surface area contributed by atoms with Gasteiger partial charge in [0.05, 0.1) is 28.5 Å². The van der Waals surface area contributed by atoms with E-state index in [9.17, 15) is 4.79 Å². The highest BCUT2D eigenvalue weighted by Crippen LogP contribution is 2.46. The predicted molar refractivity (Wildman–Crippen MR) is 132 cm³/mol. The van der Waals surface area contributed by atoms with Gasteiger partial charge in [-0.1, -0.05) is 11.2 Å². The number of anilines is 1. The zero-order valence-electron chi connectivity index (χ0n) is 20.1. The standard InChI is InChI=1S/C26H25N7O3/c1-15-23(16(2)36-31-15)18-6-7-20-24-25(18)35-14-21(19-5-3-4-11-28-19)33(24)26(30-20)32-12-9-17(13-32)29-22(34)8-10-27/h3-7,11,17,21H,8-9,12-14H2,1-2H3,(H,29,34)/t17-,21-/m1/s1. The van der Waals surface area contributed by atoms with Gasteiger partial charge in [-0.3, -0.25) is 14.3 Å². The molecule has 1 amide bonds. The lowest BCUT2D eigenvalue weighted by atomic mass is 10.0. The number of rotatable bonds is 5. The molecule has 2 aliphatic rings. The molecular weight excluding hydrogens is 458 g/mol. The average molecular weight is 484 g/mol. The maximum Gasteiger partial charge on any atom is 0.234 e. The number of carbonyl (C=O) groups is 1. The molecule has 1 fully saturated rings. The van der Waals surface area contributed by atoms with E-state index in [0.717, 1.165) is 64.0 Å². The minimum absolute atomic E-state index is 0.0380. The molecule has 2 aliphatic heterocycles. The van der Waals surface area contributed by atoms with E-state index in [1.54, 1.807) is 6.20 Å². The average Bonchev–Trinajstić information content (AvgIpc) is 3.59. The number of carbonyl (C=O) groups excluding carboxylic acids is 1. The number of hydrogen-bond donors (Lipinski definition) is 1. The van der Waals surface area contributed by atoms with Crippen LogP contribution in [0.2, 0.25) is 0 Å². The lowest BCUT2D eigenvalue weighted by Crippen LogP contribution is -2.37. The van der Waals surface area contributed by atoms with Crippen LogP contribution in [0.25, 0.3) is 22.2 Å². The monoisotopic (exact) mass is 483 g/mol. The first-order valence-corrected chi connectivity index (χ1v) is 12.0. The molecule has 3 aromatic heterocycles. The molecule has 4 aromatic rings. The molecule has 0 unspecified atom stereocenters. The van der Waals surface area contributed by atoms with Crippen LogP contribution in [0.5, 0.6) is 5.75 Å². The summed E-state index contributed by atoms with van der Waals surface area (Å²) in [6.07, 6.45) is 2.43. The van der Waals surface area contributed by atoms with Crippen molar-refractivity contribution in [2.45, 2.75) is 38.8 Å². The Morgan fingerprint density at radius 1 is 1.28 bits per heavy atom. The fourth-order valence-corrected chi connectivity index (χ4v) is 5.31. The third kappa shape index (κ3) is 3.55. The van der Waals surface area contributed by atoms with Crippen LogP contribution in [-0.4, -0.2) is 51.3 Å². The van der Waals surface area contributed by atoms with E-state index in [1.807, 2.05) is 50.2 Å². The highest BCUT2D eigenvalue weighted by atomic mass is 16.5. The van der Waals surface area contributed by atoms with Gasteiger partial charge in [0.25, 0.3) is 0 Å². The molecule has 10 nitrogen and oxygen atoms in total. The molecule has 0 spiro atoms. The minimum Gasteiger partial charge on any atom is -0.488 e. The molecular formula is C26H25N7O3. The highest BCUT2D eigenvalue weighted by molar-refractivity contribution is 5.94. The number of imidazole rings is 1. The predicted octanol–water partition coefficient (Wildman–Crippen LogP) is 3.29. The number of pyridine rings is 1. The summed E-state index contributed by atoms with van der Waals surface area (Å²) in [7, 11) is 0. The summed E-state index contributed by atoms with van der Waals surface area (Å²) in [5, 5.41) is 15.9. The maximum absolute atomic E-state index is 12.0. The van der Waals surface area contributed by atoms with E-state index < -0.39 is 0 Å². The number of amides is 1. The van der Waals surface area contributed by atoms with E-state index in [2.05, 4.69) is 24.9 Å². The summed E-state index contributed by atoms with van der Waals surface area (Å²) in [6, 6.07) is 11.6. The molecule has 36 heavy (non-hydrogen) atoms. The highest BCUT2D eigenvalue weighted by Gasteiger charge is 2.35. The van der Waals surface area contributed by atoms with Gasteiger partial charge in [-0.25, -0.2) is 4.98 Å². The van der Waals surface area contributed by atoms with Gasteiger partial charge in [0.1, 0.15) is 30.3 Å². The zero-order chi connectivity index (χ0) is 24.8. The van der Waals surface area contributed by atoms with Gasteiger partial charge in [0.15, 0.2) is 5.75 Å². The number of benzene rings is 1. The second-order valence-electron chi connectivity index (χ2n) is 9.21. The molecule has 10 heteroatoms. The fraction of sp³-hybridized carbons (Fsp3) is 0.346. The summed E-state index contributed by atoms with van der Waals surface area (Å²) in [5.41, 5.74) is 5.28. The molecule has 0 aliphatic carbocycles. The first-order chi connectivity index (χ1) is 17.5. The van der Waals surface area contributed by atoms with Crippen molar-refractivity contribution in [2.24, 2.45) is 0 Å². The number of aromatic nitrogens is 4. The Balaban J connectivity index is 1.48. The Morgan fingerprint density at radius 2 is 2.17 bits per heavy atom. The van der Waals surface area contributed by atoms with Crippen molar-refractivity contribution in [1.82, 2.24) is 25.0 Å². The first-order valence-electron chi connectivity index (χ1n) is 12.0. The van der Waals surface area contributed by atoms with Gasteiger partial charge in [-0.2, -0.15) is 5.26 Å². The van der Waals surface area contributed by atoms with Crippen molar-refractivity contribution >= 4 is 22.9 Å². The summed E-state index contributed by atoms with van der Waals surface area (Å²) >= 11 is 0. The zero-order valence-corrected chi connectivity index (χ0v) is 20.1. The molecule has 1 N–H and O–H groups in total. The Kier molecular flexibility index (Phi) is 5.33. The lowest BCUT2D eigenvalue weighted by Gasteiger charge is -2.30. The minimum atomic E-state index is -0.245. The number of nitrogens with zero attached hydrogens (tertiary/aromatic N) is 6. The number of aryl methyl sites for hydroxylation is 2. The molecule has 0 saturated carbocycles. The number of nitrogens with one attached hydrogen (secondary N) is 1. The smallest absolute Gasteiger partial charge is 0.234 e. The van der Waals surface area contributed by atoms with Crippen LogP contribution < -0.4 is 15.0 Å². The summed E-state index contributed by atoms with van der Waals surface area (Å²) < 4.78 is 14.1. The van der Waals surface area contributed by atoms with E-state index in [-0.39, 0.29) is 24.4 Å². The van der Waals surface area contributed by atoms with Gasteiger partial charge < -0.3 is 19.5 Å². The Hall–Kier alpha value is -4.39. The third-order valence-corrected chi connectivity index (χ3v) is 6.89. The van der Waals surface area contributed by atoms with Gasteiger partial charge in [-0.05, 0) is 44.5 Å². The van der Waals surface area contributed by atoms with Crippen molar-refractivity contribution in [1.29, 1.82) is 5.26 Å². The van der Waals surface area contributed by atoms with Gasteiger partial charge >= 0.3 is 0 Å². The number of nitriles is 1. The fourth-order valence-electron chi connectivity index (χ4n) is 5.31. The Labute approximate surface area is 207 Å². The van der Waals surface area contributed by atoms with Crippen molar-refractivity contribution in [3.8, 4) is 22.9 Å². The summed E-state index contributed by atoms with van der Waals surface area (Å²) in [6.45, 7) is 5.58. The maximum atomic E-state index is 12.0. The van der Waals surface area contributed by atoms with E-state index >= 15 is 0 Å². The van der Waals surface area contributed by atoms with Crippen molar-refractivity contribution < 1.29 is 14.1 Å². The van der Waals surface area contributed by atoms with Crippen LogP contribution in [0.15, 0.2) is 41.1 Å². The van der Waals surface area contributed by atoms with Crippen LogP contribution in [0.1, 0.15) is 36.0 Å². The van der Waals surface area contributed by atoms with E-state index in [4.69, 9.17) is 19.5 Å². The van der Waals surface area contributed by atoms with Crippen LogP contribution in [0.3, 0.4) is 0 Å².